The SMILES string of the molecule is Cl[si]1cccc2c1Cc1ccccc1-2. The Hall–Kier alpha value is -0.923. The highest BCUT2D eigenvalue weighted by Crippen LogP contribution is 2.35. The minimum atomic E-state index is -0.895. The van der Waals surface area contributed by atoms with Gasteiger partial charge in [0.15, 0.2) is 7.71 Å². The van der Waals surface area contributed by atoms with Gasteiger partial charge in [-0.05, 0) is 28.3 Å². The number of fused-ring (bicyclic) bond motifs is 3. The van der Waals surface area contributed by atoms with E-state index in [1.807, 2.05) is 0 Å². The molecule has 0 N–H and O–H groups in total. The topological polar surface area (TPSA) is 0 Å². The first kappa shape index (κ1) is 8.39. The Labute approximate surface area is 89.4 Å². The van der Waals surface area contributed by atoms with E-state index in [1.54, 1.807) is 0 Å². The summed E-state index contributed by atoms with van der Waals surface area (Å²) in [6.45, 7) is 0. The van der Waals surface area contributed by atoms with Gasteiger partial charge in [0.2, 0.25) is 0 Å². The van der Waals surface area contributed by atoms with Crippen LogP contribution in [0.4, 0.5) is 0 Å². The molecule has 1 heterocycles. The van der Waals surface area contributed by atoms with E-state index < -0.39 is 7.71 Å². The average molecular weight is 217 g/mol. The van der Waals surface area contributed by atoms with Gasteiger partial charge in [0.25, 0.3) is 0 Å². The molecule has 0 atom stereocenters. The predicted molar refractivity (Wildman–Crippen MR) is 61.9 cm³/mol. The molecule has 68 valence electrons. The second-order valence-corrected chi connectivity index (χ2v) is 6.45. The highest BCUT2D eigenvalue weighted by molar-refractivity contribution is 7.02. The molecule has 0 unspecified atom stereocenters. The third-order valence-electron chi connectivity index (χ3n) is 2.79. The maximum absolute atomic E-state index is 6.34. The second kappa shape index (κ2) is 3.04. The van der Waals surface area contributed by atoms with Crippen molar-refractivity contribution in [2.75, 3.05) is 0 Å². The molecule has 1 aliphatic carbocycles. The van der Waals surface area contributed by atoms with E-state index in [9.17, 15) is 0 Å². The molecule has 14 heavy (non-hydrogen) atoms. The van der Waals surface area contributed by atoms with Crippen LogP contribution in [0.3, 0.4) is 0 Å². The average Bonchev–Trinajstić information content (AvgIpc) is 2.59. The summed E-state index contributed by atoms with van der Waals surface area (Å²) in [5, 5.41) is 1.46. The molecule has 1 aromatic carbocycles. The molecular weight excluding hydrogens is 208 g/mol. The number of hydrogen-bond acceptors (Lipinski definition) is 0. The minimum absolute atomic E-state index is 0.895. The van der Waals surface area contributed by atoms with Crippen molar-refractivity contribution >= 4 is 18.8 Å². The molecule has 0 fully saturated rings. The van der Waals surface area contributed by atoms with Gasteiger partial charge < -0.3 is 0 Å². The Balaban J connectivity index is 2.33. The molecule has 2 heteroatoms. The summed E-state index contributed by atoms with van der Waals surface area (Å²) in [5.41, 5.74) is 6.35. The molecule has 0 amide bonds. The standard InChI is InChI=1S/C12H9ClSi/c13-14-7-3-6-11-10-5-2-1-4-9(10)8-12(11)14/h1-7H,8H2. The lowest BCUT2D eigenvalue weighted by Crippen LogP contribution is -1.94. The third-order valence-corrected chi connectivity index (χ3v) is 5.36. The van der Waals surface area contributed by atoms with Gasteiger partial charge >= 0.3 is 0 Å². The van der Waals surface area contributed by atoms with Crippen LogP contribution in [0.25, 0.3) is 11.1 Å². The van der Waals surface area contributed by atoms with Crippen molar-refractivity contribution < 1.29 is 0 Å². The van der Waals surface area contributed by atoms with Gasteiger partial charge in [-0.3, -0.25) is 0 Å². The summed E-state index contributed by atoms with van der Waals surface area (Å²) in [5.74, 6) is 0. The fourth-order valence-electron chi connectivity index (χ4n) is 2.12. The van der Waals surface area contributed by atoms with E-state index >= 15 is 0 Å². The quantitative estimate of drug-likeness (QED) is 0.400. The normalized spacial score (nSPS) is 12.4. The molecule has 1 aromatic heterocycles. The van der Waals surface area contributed by atoms with Crippen molar-refractivity contribution in [3.05, 3.63) is 52.8 Å². The van der Waals surface area contributed by atoms with Crippen LogP contribution in [0.2, 0.25) is 0 Å². The van der Waals surface area contributed by atoms with Crippen molar-refractivity contribution in [1.29, 1.82) is 0 Å². The minimum Gasteiger partial charge on any atom is -0.133 e. The Kier molecular flexibility index (Phi) is 1.82. The van der Waals surface area contributed by atoms with E-state index in [4.69, 9.17) is 11.1 Å². The zero-order chi connectivity index (χ0) is 9.54. The number of hydrogen-bond donors (Lipinski definition) is 0. The molecule has 0 saturated carbocycles. The monoisotopic (exact) mass is 216 g/mol. The highest BCUT2D eigenvalue weighted by atomic mass is 35.6. The first-order valence-electron chi connectivity index (χ1n) is 4.72. The Morgan fingerprint density at radius 1 is 1.00 bits per heavy atom. The first-order chi connectivity index (χ1) is 6.86. The summed E-state index contributed by atoms with van der Waals surface area (Å²) < 4.78 is 0. The van der Waals surface area contributed by atoms with E-state index in [-0.39, 0.29) is 0 Å². The molecule has 2 aromatic rings. The lowest BCUT2D eigenvalue weighted by molar-refractivity contribution is 1.30. The number of rotatable bonds is 0. The van der Waals surface area contributed by atoms with Crippen LogP contribution < -0.4 is 0 Å². The second-order valence-electron chi connectivity index (χ2n) is 3.60. The van der Waals surface area contributed by atoms with Gasteiger partial charge in [-0.2, -0.15) is 0 Å². The van der Waals surface area contributed by atoms with Gasteiger partial charge in [-0.25, -0.2) is 0 Å². The van der Waals surface area contributed by atoms with Crippen molar-refractivity contribution in [1.82, 2.24) is 0 Å². The predicted octanol–water partition coefficient (Wildman–Crippen LogP) is 3.29. The number of benzene rings is 1. The van der Waals surface area contributed by atoms with Gasteiger partial charge in [0.1, 0.15) is 0 Å². The molecular formula is C12H9ClSi. The van der Waals surface area contributed by atoms with Crippen LogP contribution in [0.5, 0.6) is 0 Å². The zero-order valence-corrected chi connectivity index (χ0v) is 9.38. The van der Waals surface area contributed by atoms with Crippen LogP contribution in [-0.4, -0.2) is 7.71 Å². The fourth-order valence-corrected chi connectivity index (χ4v) is 4.14. The summed E-state index contributed by atoms with van der Waals surface area (Å²) in [7, 11) is -0.895. The lowest BCUT2D eigenvalue weighted by Gasteiger charge is -2.00. The van der Waals surface area contributed by atoms with Gasteiger partial charge in [0.05, 0.1) is 0 Å². The lowest BCUT2D eigenvalue weighted by atomic mass is 10.1. The fraction of sp³-hybridized carbons (Fsp3) is 0.0833. The van der Waals surface area contributed by atoms with Crippen LogP contribution >= 0.6 is 11.1 Å². The number of halogens is 1. The van der Waals surface area contributed by atoms with Crippen LogP contribution in [-0.2, 0) is 6.42 Å². The van der Waals surface area contributed by atoms with E-state index in [1.165, 1.54) is 21.9 Å². The summed E-state index contributed by atoms with van der Waals surface area (Å²) >= 11 is 6.34. The molecule has 0 radical (unpaired) electrons. The molecule has 0 bridgehead atoms. The van der Waals surface area contributed by atoms with Gasteiger partial charge in [-0.1, -0.05) is 42.1 Å². The van der Waals surface area contributed by atoms with Gasteiger partial charge in [-0.15, -0.1) is 11.1 Å². The molecule has 0 aliphatic heterocycles. The Morgan fingerprint density at radius 2 is 1.79 bits per heavy atom. The maximum atomic E-state index is 6.34. The maximum Gasteiger partial charge on any atom is 0.155 e. The van der Waals surface area contributed by atoms with E-state index in [2.05, 4.69) is 42.1 Å². The van der Waals surface area contributed by atoms with Crippen LogP contribution in [0.1, 0.15) is 10.7 Å². The largest absolute Gasteiger partial charge is 0.155 e. The third kappa shape index (κ3) is 1.09. The molecule has 0 saturated heterocycles. The van der Waals surface area contributed by atoms with Crippen molar-refractivity contribution in [2.24, 2.45) is 0 Å². The summed E-state index contributed by atoms with van der Waals surface area (Å²) in [4.78, 5) is 0. The summed E-state index contributed by atoms with van der Waals surface area (Å²) in [6, 6.07) is 12.9. The van der Waals surface area contributed by atoms with Crippen LogP contribution in [0.15, 0.2) is 42.1 Å². The van der Waals surface area contributed by atoms with Crippen molar-refractivity contribution in [3.8, 4) is 11.1 Å². The Bertz CT molecular complexity index is 505. The molecule has 1 aliphatic rings. The van der Waals surface area contributed by atoms with E-state index in [0.717, 1.165) is 6.42 Å². The first-order valence-corrected chi connectivity index (χ1v) is 7.31. The van der Waals surface area contributed by atoms with E-state index in [0.29, 0.717) is 0 Å². The zero-order valence-electron chi connectivity index (χ0n) is 7.63. The molecule has 0 nitrogen and oxygen atoms in total. The van der Waals surface area contributed by atoms with Crippen molar-refractivity contribution in [3.63, 3.8) is 0 Å². The smallest absolute Gasteiger partial charge is 0.133 e. The Morgan fingerprint density at radius 3 is 2.71 bits per heavy atom. The van der Waals surface area contributed by atoms with Crippen LogP contribution in [0, 0.1) is 0 Å². The molecule has 0 spiro atoms. The van der Waals surface area contributed by atoms with Gasteiger partial charge in [0, 0.05) is 0 Å². The summed E-state index contributed by atoms with van der Waals surface area (Å²) in [6.07, 6.45) is 1.06. The van der Waals surface area contributed by atoms with Crippen molar-refractivity contribution in [2.45, 2.75) is 6.42 Å². The highest BCUT2D eigenvalue weighted by Gasteiger charge is 2.19. The molecule has 3 rings (SSSR count).